The summed E-state index contributed by atoms with van der Waals surface area (Å²) in [6, 6.07) is 21.8. The highest BCUT2D eigenvalue weighted by Gasteiger charge is 2.23. The first kappa shape index (κ1) is 24.4. The van der Waals surface area contributed by atoms with Crippen molar-refractivity contribution < 1.29 is 19.4 Å². The SMILES string of the molecule is COc1ccc2c(CNCc3ccc(OC(C)C)cc3)c(C(=O)O)n(Cc3ccccc3C)c2c1. The Kier molecular flexibility index (Phi) is 7.42. The Bertz CT molecular complexity index is 1320. The molecule has 6 nitrogen and oxygen atoms in total. The van der Waals surface area contributed by atoms with Gasteiger partial charge in [0.1, 0.15) is 17.2 Å². The second-order valence-electron chi connectivity index (χ2n) is 8.94. The Labute approximate surface area is 206 Å². The summed E-state index contributed by atoms with van der Waals surface area (Å²) in [4.78, 5) is 12.5. The van der Waals surface area contributed by atoms with E-state index in [4.69, 9.17) is 9.47 Å². The summed E-state index contributed by atoms with van der Waals surface area (Å²) in [6.07, 6.45) is 0.129. The van der Waals surface area contributed by atoms with Crippen LogP contribution in [0.3, 0.4) is 0 Å². The molecule has 0 amide bonds. The van der Waals surface area contributed by atoms with Gasteiger partial charge >= 0.3 is 5.97 Å². The zero-order chi connectivity index (χ0) is 24.9. The number of aryl methyl sites for hydroxylation is 1. The van der Waals surface area contributed by atoms with Crippen molar-refractivity contribution in [2.75, 3.05) is 7.11 Å². The quantitative estimate of drug-likeness (QED) is 0.306. The van der Waals surface area contributed by atoms with Crippen molar-refractivity contribution >= 4 is 16.9 Å². The monoisotopic (exact) mass is 472 g/mol. The number of nitrogens with one attached hydrogen (secondary N) is 1. The van der Waals surface area contributed by atoms with Crippen LogP contribution in [0.15, 0.2) is 66.7 Å². The molecule has 4 rings (SSSR count). The Morgan fingerprint density at radius 3 is 2.37 bits per heavy atom. The number of aromatic carboxylic acids is 1. The lowest BCUT2D eigenvalue weighted by Gasteiger charge is -2.12. The molecule has 0 bridgehead atoms. The van der Waals surface area contributed by atoms with E-state index >= 15 is 0 Å². The largest absolute Gasteiger partial charge is 0.497 e. The van der Waals surface area contributed by atoms with Gasteiger partial charge in [0, 0.05) is 36.7 Å². The van der Waals surface area contributed by atoms with Crippen LogP contribution in [0.2, 0.25) is 0 Å². The normalized spacial score (nSPS) is 11.2. The van der Waals surface area contributed by atoms with Crippen LogP contribution < -0.4 is 14.8 Å². The summed E-state index contributed by atoms with van der Waals surface area (Å²) in [5, 5.41) is 14.6. The van der Waals surface area contributed by atoms with E-state index in [2.05, 4.69) is 5.32 Å². The highest BCUT2D eigenvalue weighted by Crippen LogP contribution is 2.31. The molecule has 0 radical (unpaired) electrons. The van der Waals surface area contributed by atoms with Crippen LogP contribution in [0.5, 0.6) is 11.5 Å². The smallest absolute Gasteiger partial charge is 0.352 e. The van der Waals surface area contributed by atoms with Crippen LogP contribution in [0.25, 0.3) is 10.9 Å². The predicted octanol–water partition coefficient (Wildman–Crippen LogP) is 5.78. The molecule has 0 fully saturated rings. The second-order valence-corrected chi connectivity index (χ2v) is 8.94. The summed E-state index contributed by atoms with van der Waals surface area (Å²) < 4.78 is 13.0. The third-order valence-corrected chi connectivity index (χ3v) is 6.09. The molecule has 6 heteroatoms. The van der Waals surface area contributed by atoms with Crippen molar-refractivity contribution in [3.05, 3.63) is 94.7 Å². The highest BCUT2D eigenvalue weighted by atomic mass is 16.5. The number of fused-ring (bicyclic) bond motifs is 1. The summed E-state index contributed by atoms with van der Waals surface area (Å²) in [5.41, 5.74) is 5.21. The van der Waals surface area contributed by atoms with Gasteiger partial charge in [0.2, 0.25) is 0 Å². The predicted molar refractivity (Wildman–Crippen MR) is 138 cm³/mol. The van der Waals surface area contributed by atoms with Crippen molar-refractivity contribution in [3.63, 3.8) is 0 Å². The molecule has 0 aliphatic heterocycles. The Balaban J connectivity index is 1.65. The van der Waals surface area contributed by atoms with Gasteiger partial charge in [-0.2, -0.15) is 0 Å². The molecule has 0 aliphatic carbocycles. The lowest BCUT2D eigenvalue weighted by Crippen LogP contribution is -2.17. The minimum absolute atomic E-state index is 0.129. The number of hydrogen-bond donors (Lipinski definition) is 2. The van der Waals surface area contributed by atoms with Gasteiger partial charge in [-0.3, -0.25) is 0 Å². The molecule has 0 atom stereocenters. The van der Waals surface area contributed by atoms with Crippen molar-refractivity contribution in [3.8, 4) is 11.5 Å². The molecular weight excluding hydrogens is 440 g/mol. The van der Waals surface area contributed by atoms with Gasteiger partial charge in [-0.25, -0.2) is 4.79 Å². The highest BCUT2D eigenvalue weighted by molar-refractivity contribution is 5.98. The first-order valence-electron chi connectivity index (χ1n) is 11.8. The van der Waals surface area contributed by atoms with E-state index < -0.39 is 5.97 Å². The number of methoxy groups -OCH3 is 1. The Morgan fingerprint density at radius 1 is 1.00 bits per heavy atom. The standard InChI is InChI=1S/C29H32N2O4/c1-19(2)35-23-11-9-21(10-12-23)16-30-17-26-25-14-13-24(34-4)15-27(25)31(28(26)29(32)33)18-22-8-6-5-7-20(22)3/h5-15,19,30H,16-18H2,1-4H3,(H,32,33). The lowest BCUT2D eigenvalue weighted by molar-refractivity contribution is 0.0684. The maximum absolute atomic E-state index is 12.5. The van der Waals surface area contributed by atoms with E-state index in [1.807, 2.05) is 92.1 Å². The summed E-state index contributed by atoms with van der Waals surface area (Å²) in [6.45, 7) is 7.55. The molecule has 0 unspecified atom stereocenters. The minimum Gasteiger partial charge on any atom is -0.497 e. The van der Waals surface area contributed by atoms with E-state index in [0.717, 1.165) is 38.9 Å². The molecule has 2 N–H and O–H groups in total. The topological polar surface area (TPSA) is 72.7 Å². The fraction of sp³-hybridized carbons (Fsp3) is 0.276. The Hall–Kier alpha value is -3.77. The number of carbonyl (C=O) groups is 1. The average Bonchev–Trinajstić information content (AvgIpc) is 3.14. The molecule has 0 saturated heterocycles. The third-order valence-electron chi connectivity index (χ3n) is 6.09. The van der Waals surface area contributed by atoms with E-state index in [0.29, 0.717) is 31.1 Å². The van der Waals surface area contributed by atoms with Gasteiger partial charge in [0.15, 0.2) is 0 Å². The van der Waals surface area contributed by atoms with E-state index in [1.54, 1.807) is 7.11 Å². The summed E-state index contributed by atoms with van der Waals surface area (Å²) in [5.74, 6) is 0.590. The van der Waals surface area contributed by atoms with Crippen LogP contribution in [0.1, 0.15) is 46.6 Å². The lowest BCUT2D eigenvalue weighted by atomic mass is 10.1. The number of benzene rings is 3. The molecule has 0 saturated carbocycles. The van der Waals surface area contributed by atoms with Crippen LogP contribution in [0.4, 0.5) is 0 Å². The van der Waals surface area contributed by atoms with Crippen molar-refractivity contribution in [1.29, 1.82) is 0 Å². The number of nitrogens with zero attached hydrogens (tertiary/aromatic N) is 1. The van der Waals surface area contributed by atoms with Gasteiger partial charge < -0.3 is 24.5 Å². The van der Waals surface area contributed by atoms with Crippen LogP contribution >= 0.6 is 0 Å². The molecule has 1 aromatic heterocycles. The number of aromatic nitrogens is 1. The van der Waals surface area contributed by atoms with Crippen LogP contribution in [0, 0.1) is 6.92 Å². The maximum atomic E-state index is 12.5. The zero-order valence-electron chi connectivity index (χ0n) is 20.7. The number of rotatable bonds is 10. The van der Waals surface area contributed by atoms with Crippen molar-refractivity contribution in [1.82, 2.24) is 9.88 Å². The Morgan fingerprint density at radius 2 is 1.71 bits per heavy atom. The first-order chi connectivity index (χ1) is 16.9. The summed E-state index contributed by atoms with van der Waals surface area (Å²) >= 11 is 0. The van der Waals surface area contributed by atoms with E-state index in [-0.39, 0.29) is 6.10 Å². The molecule has 35 heavy (non-hydrogen) atoms. The van der Waals surface area contributed by atoms with E-state index in [1.165, 1.54) is 0 Å². The maximum Gasteiger partial charge on any atom is 0.352 e. The second kappa shape index (κ2) is 10.7. The van der Waals surface area contributed by atoms with Gasteiger partial charge in [-0.05, 0) is 61.7 Å². The van der Waals surface area contributed by atoms with Gasteiger partial charge in [-0.15, -0.1) is 0 Å². The zero-order valence-corrected chi connectivity index (χ0v) is 20.7. The van der Waals surface area contributed by atoms with Crippen molar-refractivity contribution in [2.24, 2.45) is 0 Å². The molecule has 182 valence electrons. The molecule has 0 spiro atoms. The first-order valence-corrected chi connectivity index (χ1v) is 11.8. The van der Waals surface area contributed by atoms with E-state index in [9.17, 15) is 9.90 Å². The number of carboxylic acid groups (broad SMARTS) is 1. The fourth-order valence-electron chi connectivity index (χ4n) is 4.36. The van der Waals surface area contributed by atoms with Gasteiger partial charge in [0.25, 0.3) is 0 Å². The number of carboxylic acids is 1. The number of ether oxygens (including phenoxy) is 2. The molecule has 3 aromatic carbocycles. The van der Waals surface area contributed by atoms with Crippen LogP contribution in [-0.2, 0) is 19.6 Å². The average molecular weight is 473 g/mol. The number of hydrogen-bond acceptors (Lipinski definition) is 4. The fourth-order valence-corrected chi connectivity index (χ4v) is 4.36. The van der Waals surface area contributed by atoms with Crippen LogP contribution in [-0.4, -0.2) is 28.9 Å². The van der Waals surface area contributed by atoms with Gasteiger partial charge in [0.05, 0.1) is 18.7 Å². The van der Waals surface area contributed by atoms with Gasteiger partial charge in [-0.1, -0.05) is 36.4 Å². The third kappa shape index (κ3) is 5.49. The molecule has 1 heterocycles. The van der Waals surface area contributed by atoms with Crippen molar-refractivity contribution in [2.45, 2.75) is 46.5 Å². The minimum atomic E-state index is -0.944. The summed E-state index contributed by atoms with van der Waals surface area (Å²) in [7, 11) is 1.62. The molecule has 0 aliphatic rings. The molecule has 4 aromatic rings. The molecular formula is C29H32N2O4.